The second-order valence-corrected chi connectivity index (χ2v) is 10.4. The van der Waals surface area contributed by atoms with Gasteiger partial charge in [0.15, 0.2) is 6.10 Å². The molecular formula is C21H31ClF3N3O5. The molecule has 1 aliphatic heterocycles. The molecule has 4 N–H and O–H groups in total. The van der Waals surface area contributed by atoms with Crippen LogP contribution in [0.2, 0.25) is 0 Å². The normalized spacial score (nSPS) is 43.0. The van der Waals surface area contributed by atoms with Crippen LogP contribution < -0.4 is 16.1 Å². The van der Waals surface area contributed by atoms with Crippen molar-refractivity contribution in [1.82, 2.24) is 16.1 Å². The van der Waals surface area contributed by atoms with Crippen molar-refractivity contribution < 1.29 is 37.4 Å². The van der Waals surface area contributed by atoms with E-state index in [0.717, 1.165) is 0 Å². The maximum absolute atomic E-state index is 13.8. The van der Waals surface area contributed by atoms with Gasteiger partial charge in [0.25, 0.3) is 12.3 Å². The van der Waals surface area contributed by atoms with Crippen LogP contribution in [0.25, 0.3) is 0 Å². The molecule has 8 nitrogen and oxygen atoms in total. The summed E-state index contributed by atoms with van der Waals surface area (Å²) < 4.78 is 44.9. The summed E-state index contributed by atoms with van der Waals surface area (Å²) in [5.41, 5.74) is 0.720. The molecule has 4 aliphatic carbocycles. The van der Waals surface area contributed by atoms with E-state index in [-0.39, 0.29) is 37.9 Å². The van der Waals surface area contributed by atoms with Gasteiger partial charge in [0.2, 0.25) is 5.91 Å². The lowest BCUT2D eigenvalue weighted by molar-refractivity contribution is -0.144. The molecule has 5 fully saturated rings. The lowest BCUT2D eigenvalue weighted by Crippen LogP contribution is -2.70. The fraction of sp³-hybridized carbons (Fsp3) is 0.905. The molecule has 0 spiro atoms. The highest BCUT2D eigenvalue weighted by Gasteiger charge is 2.56. The number of nitrogens with one attached hydrogen (secondary N) is 3. The molecule has 12 heteroatoms. The van der Waals surface area contributed by atoms with E-state index in [4.69, 9.17) is 21.2 Å². The van der Waals surface area contributed by atoms with Crippen LogP contribution in [0.5, 0.6) is 0 Å². The van der Waals surface area contributed by atoms with Crippen LogP contribution in [0.4, 0.5) is 13.2 Å². The van der Waals surface area contributed by atoms with E-state index < -0.39 is 53.2 Å². The SMILES string of the molecule is O=C(COC1CCC(Cl)C(F)C1)NC12CCC(NC(=O)C3CC(C(F)F)NO3)(CC1)CC2O. The van der Waals surface area contributed by atoms with Crippen LogP contribution in [0.3, 0.4) is 0 Å². The molecule has 2 bridgehead atoms. The number of hydroxylamine groups is 1. The number of amides is 2. The van der Waals surface area contributed by atoms with Gasteiger partial charge in [0, 0.05) is 18.4 Å². The molecule has 6 atom stereocenters. The van der Waals surface area contributed by atoms with Crippen molar-refractivity contribution in [2.45, 2.75) is 111 Å². The minimum atomic E-state index is -2.63. The third-order valence-corrected chi connectivity index (χ3v) is 8.11. The van der Waals surface area contributed by atoms with Crippen LogP contribution in [0, 0.1) is 0 Å². The van der Waals surface area contributed by atoms with Crippen molar-refractivity contribution in [3.63, 3.8) is 0 Å². The monoisotopic (exact) mass is 497 g/mol. The Morgan fingerprint density at radius 1 is 1.18 bits per heavy atom. The number of carbonyl (C=O) groups is 2. The number of aliphatic hydroxyl groups is 1. The Balaban J connectivity index is 1.26. The van der Waals surface area contributed by atoms with Crippen LogP contribution in [0.1, 0.15) is 57.8 Å². The Morgan fingerprint density at radius 2 is 1.91 bits per heavy atom. The number of ether oxygens (including phenoxy) is 1. The van der Waals surface area contributed by atoms with Gasteiger partial charge < -0.3 is 20.5 Å². The number of alkyl halides is 4. The van der Waals surface area contributed by atoms with Gasteiger partial charge in [-0.2, -0.15) is 5.48 Å². The van der Waals surface area contributed by atoms with Gasteiger partial charge in [-0.3, -0.25) is 14.4 Å². The van der Waals surface area contributed by atoms with Gasteiger partial charge in [0.05, 0.1) is 29.2 Å². The van der Waals surface area contributed by atoms with E-state index in [2.05, 4.69) is 16.1 Å². The first-order valence-corrected chi connectivity index (χ1v) is 12.0. The molecule has 5 aliphatic rings. The first-order valence-electron chi connectivity index (χ1n) is 11.5. The minimum absolute atomic E-state index is 0.127. The van der Waals surface area contributed by atoms with E-state index >= 15 is 0 Å². The van der Waals surface area contributed by atoms with Crippen LogP contribution in [-0.2, 0) is 19.2 Å². The molecule has 4 saturated carbocycles. The molecular weight excluding hydrogens is 467 g/mol. The van der Waals surface area contributed by atoms with E-state index in [0.29, 0.717) is 38.5 Å². The molecule has 0 aromatic heterocycles. The molecule has 2 amide bonds. The number of carbonyl (C=O) groups excluding carboxylic acids is 2. The van der Waals surface area contributed by atoms with Gasteiger partial charge in [-0.15, -0.1) is 11.6 Å². The van der Waals surface area contributed by atoms with Crippen molar-refractivity contribution >= 4 is 23.4 Å². The van der Waals surface area contributed by atoms with Crippen molar-refractivity contribution in [2.24, 2.45) is 0 Å². The highest BCUT2D eigenvalue weighted by molar-refractivity contribution is 6.21. The number of halogens is 4. The van der Waals surface area contributed by atoms with E-state index in [1.165, 1.54) is 0 Å². The van der Waals surface area contributed by atoms with Crippen LogP contribution in [-0.4, -0.2) is 76.9 Å². The van der Waals surface area contributed by atoms with E-state index in [1.807, 2.05) is 0 Å². The average Bonchev–Trinajstić information content (AvgIpc) is 3.27. The molecule has 0 radical (unpaired) electrons. The largest absolute Gasteiger partial charge is 0.391 e. The molecule has 0 aromatic rings. The molecule has 6 unspecified atom stereocenters. The molecule has 33 heavy (non-hydrogen) atoms. The molecule has 1 heterocycles. The first-order chi connectivity index (χ1) is 15.6. The van der Waals surface area contributed by atoms with Crippen LogP contribution >= 0.6 is 11.6 Å². The summed E-state index contributed by atoms with van der Waals surface area (Å²) in [5.74, 6) is -0.859. The second-order valence-electron chi connectivity index (χ2n) is 9.87. The fourth-order valence-electron chi connectivity index (χ4n) is 5.52. The van der Waals surface area contributed by atoms with E-state index in [9.17, 15) is 27.9 Å². The highest BCUT2D eigenvalue weighted by atomic mass is 35.5. The topological polar surface area (TPSA) is 109 Å². The Hall–Kier alpha value is -1.14. The summed E-state index contributed by atoms with van der Waals surface area (Å²) in [6.45, 7) is -0.224. The maximum atomic E-state index is 13.8. The number of rotatable bonds is 7. The third kappa shape index (κ3) is 5.42. The lowest BCUT2D eigenvalue weighted by Gasteiger charge is -2.56. The molecule has 0 aromatic carbocycles. The summed E-state index contributed by atoms with van der Waals surface area (Å²) in [6.07, 6.45) is -2.73. The second kappa shape index (κ2) is 9.85. The number of aliphatic hydroxyl groups excluding tert-OH is 1. The molecule has 1 saturated heterocycles. The minimum Gasteiger partial charge on any atom is -0.391 e. The van der Waals surface area contributed by atoms with Crippen molar-refractivity contribution in [2.75, 3.05) is 6.61 Å². The summed E-state index contributed by atoms with van der Waals surface area (Å²) in [5, 5.41) is 16.1. The average molecular weight is 498 g/mol. The van der Waals surface area contributed by atoms with Crippen LogP contribution in [0.15, 0.2) is 0 Å². The Labute approximate surface area is 195 Å². The van der Waals surface area contributed by atoms with E-state index in [1.54, 1.807) is 0 Å². The summed E-state index contributed by atoms with van der Waals surface area (Å²) in [4.78, 5) is 30.1. The van der Waals surface area contributed by atoms with Crippen molar-refractivity contribution in [1.29, 1.82) is 0 Å². The van der Waals surface area contributed by atoms with Gasteiger partial charge in [0.1, 0.15) is 12.8 Å². The maximum Gasteiger partial charge on any atom is 0.256 e. The van der Waals surface area contributed by atoms with Gasteiger partial charge in [-0.05, 0) is 44.9 Å². The molecule has 5 rings (SSSR count). The number of hydrogen-bond donors (Lipinski definition) is 4. The van der Waals surface area contributed by atoms with Crippen molar-refractivity contribution in [3.8, 4) is 0 Å². The molecule has 188 valence electrons. The quantitative estimate of drug-likeness (QED) is 0.397. The first kappa shape index (κ1) is 25.0. The lowest BCUT2D eigenvalue weighted by atomic mass is 9.60. The standard InChI is InChI=1S/C21H31ClF3N3O5/c22-12-2-1-11(7-13(12)23)32-10-17(30)26-21-5-3-20(4-6-21,9-16(21)29)27-19(31)15-8-14(18(24)25)28-33-15/h11-16,18,28-29H,1-10H2,(H,26,30)(H,27,31). The summed E-state index contributed by atoms with van der Waals surface area (Å²) in [6, 6.07) is -1.19. The fourth-order valence-corrected chi connectivity index (χ4v) is 5.75. The predicted molar refractivity (Wildman–Crippen MR) is 111 cm³/mol. The van der Waals surface area contributed by atoms with Gasteiger partial charge >= 0.3 is 0 Å². The van der Waals surface area contributed by atoms with Gasteiger partial charge in [-0.25, -0.2) is 13.2 Å². The summed E-state index contributed by atoms with van der Waals surface area (Å²) >= 11 is 5.88. The number of hydrogen-bond acceptors (Lipinski definition) is 6. The number of fused-ring (bicyclic) bond motifs is 3. The highest BCUT2D eigenvalue weighted by Crippen LogP contribution is 2.47. The Kier molecular flexibility index (Phi) is 7.45. The van der Waals surface area contributed by atoms with Crippen molar-refractivity contribution in [3.05, 3.63) is 0 Å². The Morgan fingerprint density at radius 3 is 2.52 bits per heavy atom. The zero-order chi connectivity index (χ0) is 23.8. The smallest absolute Gasteiger partial charge is 0.256 e. The third-order valence-electron chi connectivity index (χ3n) is 7.62. The zero-order valence-electron chi connectivity index (χ0n) is 18.2. The summed E-state index contributed by atoms with van der Waals surface area (Å²) in [7, 11) is 0. The van der Waals surface area contributed by atoms with Gasteiger partial charge in [-0.1, -0.05) is 0 Å². The zero-order valence-corrected chi connectivity index (χ0v) is 19.0. The predicted octanol–water partition coefficient (Wildman–Crippen LogP) is 1.48. The Bertz CT molecular complexity index is 740.